The van der Waals surface area contributed by atoms with Gasteiger partial charge in [-0.3, -0.25) is 9.69 Å². The Balaban J connectivity index is 1.74. The number of carboxylic acid groups (broad SMARTS) is 1. The molecule has 0 bridgehead atoms. The molecule has 9 nitrogen and oxygen atoms in total. The molecule has 1 fully saturated rings. The predicted octanol–water partition coefficient (Wildman–Crippen LogP) is 0.0287. The number of carbonyl (C=O) groups is 2. The number of nitrogens with one attached hydrogen (secondary N) is 1. The SMILES string of the molecule is Cc1nnn(C[C@H]2NC(=O)[C@H]2N(Cc2ccccc2)C(=O)O)n1. The number of carbonyl (C=O) groups excluding carboxylic acids is 1. The Morgan fingerprint density at radius 2 is 2.13 bits per heavy atom. The van der Waals surface area contributed by atoms with E-state index in [9.17, 15) is 14.7 Å². The van der Waals surface area contributed by atoms with E-state index < -0.39 is 12.1 Å². The van der Waals surface area contributed by atoms with E-state index in [4.69, 9.17) is 0 Å². The first-order valence-corrected chi connectivity index (χ1v) is 7.13. The van der Waals surface area contributed by atoms with Gasteiger partial charge in [0.25, 0.3) is 0 Å². The van der Waals surface area contributed by atoms with Gasteiger partial charge in [0.15, 0.2) is 5.82 Å². The molecule has 3 rings (SSSR count). The maximum Gasteiger partial charge on any atom is 0.408 e. The van der Waals surface area contributed by atoms with Gasteiger partial charge in [-0.2, -0.15) is 4.80 Å². The first-order chi connectivity index (χ1) is 11.0. The Bertz CT molecular complexity index is 716. The lowest BCUT2D eigenvalue weighted by atomic mass is 9.97. The summed E-state index contributed by atoms with van der Waals surface area (Å²) >= 11 is 0. The third kappa shape index (κ3) is 3.12. The van der Waals surface area contributed by atoms with E-state index >= 15 is 0 Å². The van der Waals surface area contributed by atoms with Gasteiger partial charge >= 0.3 is 6.09 Å². The average molecular weight is 316 g/mol. The van der Waals surface area contributed by atoms with Crippen LogP contribution >= 0.6 is 0 Å². The summed E-state index contributed by atoms with van der Waals surface area (Å²) in [6, 6.07) is 8.01. The zero-order chi connectivity index (χ0) is 16.4. The minimum Gasteiger partial charge on any atom is -0.465 e. The number of aromatic nitrogens is 4. The molecule has 2 amide bonds. The number of tetrazole rings is 1. The second-order valence-corrected chi connectivity index (χ2v) is 5.35. The van der Waals surface area contributed by atoms with Gasteiger partial charge in [-0.25, -0.2) is 4.79 Å². The molecule has 9 heteroatoms. The van der Waals surface area contributed by atoms with Crippen molar-refractivity contribution in [1.29, 1.82) is 0 Å². The Morgan fingerprint density at radius 1 is 1.39 bits per heavy atom. The largest absolute Gasteiger partial charge is 0.465 e. The molecule has 0 radical (unpaired) electrons. The quantitative estimate of drug-likeness (QED) is 0.752. The van der Waals surface area contributed by atoms with E-state index in [1.807, 2.05) is 30.3 Å². The summed E-state index contributed by atoms with van der Waals surface area (Å²) < 4.78 is 0. The van der Waals surface area contributed by atoms with E-state index in [1.54, 1.807) is 6.92 Å². The summed E-state index contributed by atoms with van der Waals surface area (Å²) in [6.07, 6.45) is -1.14. The average Bonchev–Trinajstić information content (AvgIpc) is 2.92. The summed E-state index contributed by atoms with van der Waals surface area (Å²) in [6.45, 7) is 2.13. The molecule has 1 aliphatic heterocycles. The number of aryl methyl sites for hydroxylation is 1. The fraction of sp³-hybridized carbons (Fsp3) is 0.357. The Hall–Kier alpha value is -2.97. The zero-order valence-corrected chi connectivity index (χ0v) is 12.5. The van der Waals surface area contributed by atoms with Crippen molar-refractivity contribution in [3.63, 3.8) is 0 Å². The van der Waals surface area contributed by atoms with Crippen LogP contribution in [-0.2, 0) is 17.9 Å². The summed E-state index contributed by atoms with van der Waals surface area (Å²) in [5.41, 5.74) is 0.822. The van der Waals surface area contributed by atoms with Crippen LogP contribution in [0.25, 0.3) is 0 Å². The Labute approximate surface area is 131 Å². The second kappa shape index (κ2) is 6.03. The molecule has 0 spiro atoms. The molecule has 0 saturated carbocycles. The van der Waals surface area contributed by atoms with Crippen LogP contribution < -0.4 is 5.32 Å². The van der Waals surface area contributed by atoms with Crippen LogP contribution in [0.4, 0.5) is 4.79 Å². The lowest BCUT2D eigenvalue weighted by molar-refractivity contribution is -0.137. The van der Waals surface area contributed by atoms with Crippen LogP contribution in [0.3, 0.4) is 0 Å². The Morgan fingerprint density at radius 3 is 2.70 bits per heavy atom. The molecule has 2 aromatic rings. The highest BCUT2D eigenvalue weighted by Gasteiger charge is 2.46. The highest BCUT2D eigenvalue weighted by molar-refractivity contribution is 5.92. The Kier molecular flexibility index (Phi) is 3.92. The highest BCUT2D eigenvalue weighted by Crippen LogP contribution is 2.19. The summed E-state index contributed by atoms with van der Waals surface area (Å²) in [5, 5.41) is 23.8. The van der Waals surface area contributed by atoms with Gasteiger partial charge in [0, 0.05) is 6.54 Å². The molecule has 120 valence electrons. The van der Waals surface area contributed by atoms with Crippen LogP contribution in [0.5, 0.6) is 0 Å². The smallest absolute Gasteiger partial charge is 0.408 e. The number of hydrogen-bond acceptors (Lipinski definition) is 5. The molecule has 0 unspecified atom stereocenters. The van der Waals surface area contributed by atoms with Crippen molar-refractivity contribution in [1.82, 2.24) is 30.4 Å². The topological polar surface area (TPSA) is 113 Å². The highest BCUT2D eigenvalue weighted by atomic mass is 16.4. The molecule has 2 atom stereocenters. The standard InChI is InChI=1S/C14H16N6O3/c1-9-16-18-20(17-9)8-11-12(13(21)15-11)19(14(22)23)7-10-5-3-2-4-6-10/h2-6,11-12H,7-8H2,1H3,(H,15,21)(H,22,23)/t11-,12+/m1/s1. The third-order valence-electron chi connectivity index (χ3n) is 3.67. The molecular weight excluding hydrogens is 300 g/mol. The first-order valence-electron chi connectivity index (χ1n) is 7.13. The van der Waals surface area contributed by atoms with Crippen molar-refractivity contribution >= 4 is 12.0 Å². The second-order valence-electron chi connectivity index (χ2n) is 5.35. The van der Waals surface area contributed by atoms with Crippen LogP contribution in [0.15, 0.2) is 30.3 Å². The van der Waals surface area contributed by atoms with Crippen molar-refractivity contribution < 1.29 is 14.7 Å². The van der Waals surface area contributed by atoms with E-state index in [2.05, 4.69) is 20.7 Å². The van der Waals surface area contributed by atoms with Crippen molar-refractivity contribution in [3.05, 3.63) is 41.7 Å². The fourth-order valence-electron chi connectivity index (χ4n) is 2.58. The maximum absolute atomic E-state index is 11.9. The van der Waals surface area contributed by atoms with Gasteiger partial charge in [0.05, 0.1) is 12.6 Å². The molecule has 23 heavy (non-hydrogen) atoms. The molecular formula is C14H16N6O3. The molecule has 2 N–H and O–H groups in total. The predicted molar refractivity (Wildman–Crippen MR) is 78.3 cm³/mol. The van der Waals surface area contributed by atoms with E-state index in [1.165, 1.54) is 4.80 Å². The van der Waals surface area contributed by atoms with Crippen molar-refractivity contribution in [3.8, 4) is 0 Å². The summed E-state index contributed by atoms with van der Waals surface area (Å²) in [5.74, 6) is 0.205. The van der Waals surface area contributed by atoms with E-state index in [0.717, 1.165) is 10.5 Å². The zero-order valence-electron chi connectivity index (χ0n) is 12.5. The van der Waals surface area contributed by atoms with Crippen molar-refractivity contribution in [2.24, 2.45) is 0 Å². The summed E-state index contributed by atoms with van der Waals surface area (Å²) in [7, 11) is 0. The normalized spacial score (nSPS) is 19.8. The lowest BCUT2D eigenvalue weighted by Gasteiger charge is -2.42. The molecule has 0 aliphatic carbocycles. The van der Waals surface area contributed by atoms with E-state index in [0.29, 0.717) is 5.82 Å². The minimum atomic E-state index is -1.14. The van der Waals surface area contributed by atoms with Gasteiger partial charge in [-0.15, -0.1) is 10.2 Å². The van der Waals surface area contributed by atoms with Gasteiger partial charge in [0.1, 0.15) is 6.04 Å². The first kappa shape index (κ1) is 14.9. The molecule has 1 aromatic heterocycles. The van der Waals surface area contributed by atoms with Crippen LogP contribution in [0.1, 0.15) is 11.4 Å². The number of benzene rings is 1. The van der Waals surface area contributed by atoms with Crippen LogP contribution in [0, 0.1) is 6.92 Å². The minimum absolute atomic E-state index is 0.147. The fourth-order valence-corrected chi connectivity index (χ4v) is 2.58. The van der Waals surface area contributed by atoms with Gasteiger partial charge in [0.2, 0.25) is 5.91 Å². The lowest BCUT2D eigenvalue weighted by Crippen LogP contribution is -2.70. The van der Waals surface area contributed by atoms with Crippen molar-refractivity contribution in [2.45, 2.75) is 32.1 Å². The number of rotatable bonds is 5. The van der Waals surface area contributed by atoms with Gasteiger partial charge in [-0.05, 0) is 17.7 Å². The number of hydrogen-bond donors (Lipinski definition) is 2. The van der Waals surface area contributed by atoms with Crippen molar-refractivity contribution in [2.75, 3.05) is 0 Å². The molecule has 2 heterocycles. The number of nitrogens with zero attached hydrogens (tertiary/aromatic N) is 5. The summed E-state index contributed by atoms with van der Waals surface area (Å²) in [4.78, 5) is 26.0. The molecule has 1 aliphatic rings. The monoisotopic (exact) mass is 316 g/mol. The van der Waals surface area contributed by atoms with Crippen LogP contribution in [-0.4, -0.2) is 54.3 Å². The van der Waals surface area contributed by atoms with Gasteiger partial charge < -0.3 is 10.4 Å². The molecule has 1 saturated heterocycles. The van der Waals surface area contributed by atoms with E-state index in [-0.39, 0.29) is 25.0 Å². The van der Waals surface area contributed by atoms with Gasteiger partial charge in [-0.1, -0.05) is 30.3 Å². The third-order valence-corrected chi connectivity index (χ3v) is 3.67. The number of β-lactam (4-membered cyclic amide) rings is 1. The maximum atomic E-state index is 11.9. The number of amides is 2. The molecule has 1 aromatic carbocycles. The van der Waals surface area contributed by atoms with Crippen LogP contribution in [0.2, 0.25) is 0 Å².